The Morgan fingerprint density at radius 3 is 2.38 bits per heavy atom. The molecule has 0 bridgehead atoms. The Kier molecular flexibility index (Phi) is 5.82. The molecule has 0 spiro atoms. The molecule has 1 atom stereocenters. The fraction of sp³-hybridized carbons (Fsp3) is 0.714. The highest BCUT2D eigenvalue weighted by atomic mass is 17.2. The lowest BCUT2D eigenvalue weighted by Crippen LogP contribution is -2.17. The van der Waals surface area contributed by atoms with E-state index in [1.807, 2.05) is 0 Å². The van der Waals surface area contributed by atoms with E-state index in [0.29, 0.717) is 0 Å². The van der Waals surface area contributed by atoms with Gasteiger partial charge in [0.1, 0.15) is 6.10 Å². The molecule has 0 aromatic heterocycles. The first kappa shape index (κ1) is 11.9. The second kappa shape index (κ2) is 6.38. The maximum absolute atomic E-state index is 10.7. The van der Waals surface area contributed by atoms with E-state index in [9.17, 15) is 9.59 Å². The Bertz CT molecular complexity index is 178. The van der Waals surface area contributed by atoms with E-state index in [4.69, 9.17) is 0 Å². The first-order chi connectivity index (χ1) is 6.06. The Balaban J connectivity index is 3.55. The van der Waals surface area contributed by atoms with Gasteiger partial charge in [0.25, 0.3) is 0 Å². The van der Waals surface area contributed by atoms with Gasteiger partial charge < -0.3 is 0 Å². The summed E-state index contributed by atoms with van der Waals surface area (Å²) < 4.78 is 0. The smallest absolute Gasteiger partial charge is 0.299 e. The fourth-order valence-corrected chi connectivity index (χ4v) is 0.546. The number of hydrogen-bond acceptors (Lipinski definition) is 6. The van der Waals surface area contributed by atoms with Crippen molar-refractivity contribution in [2.45, 2.75) is 26.4 Å². The SMILES string of the molecule is COOC(=O)C[C@@H](C)OOC(C)=O. The maximum Gasteiger partial charge on any atom is 0.345 e. The highest BCUT2D eigenvalue weighted by Crippen LogP contribution is 2.00. The second-order valence-corrected chi connectivity index (χ2v) is 2.31. The molecule has 0 amide bonds. The molecule has 0 saturated heterocycles. The van der Waals surface area contributed by atoms with E-state index >= 15 is 0 Å². The van der Waals surface area contributed by atoms with Crippen LogP contribution in [0, 0.1) is 0 Å². The van der Waals surface area contributed by atoms with Gasteiger partial charge in [0.05, 0.1) is 13.5 Å². The molecule has 0 aromatic carbocycles. The van der Waals surface area contributed by atoms with Gasteiger partial charge in [0, 0.05) is 6.92 Å². The summed E-state index contributed by atoms with van der Waals surface area (Å²) in [5.74, 6) is -1.17. The minimum Gasteiger partial charge on any atom is -0.299 e. The van der Waals surface area contributed by atoms with Gasteiger partial charge in [-0.1, -0.05) is 0 Å². The van der Waals surface area contributed by atoms with Crippen molar-refractivity contribution in [3.05, 3.63) is 0 Å². The van der Waals surface area contributed by atoms with Crippen molar-refractivity contribution in [2.75, 3.05) is 7.11 Å². The Morgan fingerprint density at radius 2 is 1.92 bits per heavy atom. The average Bonchev–Trinajstić information content (AvgIpc) is 2.01. The second-order valence-electron chi connectivity index (χ2n) is 2.31. The first-order valence-electron chi connectivity index (χ1n) is 3.63. The molecule has 0 unspecified atom stereocenters. The van der Waals surface area contributed by atoms with Crippen LogP contribution in [-0.4, -0.2) is 25.2 Å². The van der Waals surface area contributed by atoms with Crippen molar-refractivity contribution in [1.29, 1.82) is 0 Å². The number of hydrogen-bond donors (Lipinski definition) is 0. The molecule has 76 valence electrons. The van der Waals surface area contributed by atoms with Gasteiger partial charge in [-0.2, -0.15) is 9.78 Å². The predicted molar refractivity (Wildman–Crippen MR) is 40.0 cm³/mol. The van der Waals surface area contributed by atoms with Crippen molar-refractivity contribution < 1.29 is 29.1 Å². The number of carbonyl (C=O) groups excluding carboxylic acids is 2. The van der Waals surface area contributed by atoms with E-state index in [2.05, 4.69) is 19.6 Å². The summed E-state index contributed by atoms with van der Waals surface area (Å²) in [7, 11) is 1.22. The van der Waals surface area contributed by atoms with E-state index in [-0.39, 0.29) is 6.42 Å². The first-order valence-corrected chi connectivity index (χ1v) is 3.63. The number of carbonyl (C=O) groups is 2. The highest BCUT2D eigenvalue weighted by Gasteiger charge is 2.13. The van der Waals surface area contributed by atoms with Crippen LogP contribution in [-0.2, 0) is 29.1 Å². The molecule has 0 heterocycles. The van der Waals surface area contributed by atoms with Crippen molar-refractivity contribution >= 4 is 11.9 Å². The van der Waals surface area contributed by atoms with Crippen LogP contribution in [0.2, 0.25) is 0 Å². The molecule has 0 aliphatic rings. The van der Waals surface area contributed by atoms with Crippen molar-refractivity contribution in [1.82, 2.24) is 0 Å². The molecule has 0 saturated carbocycles. The van der Waals surface area contributed by atoms with Gasteiger partial charge in [0.2, 0.25) is 0 Å². The summed E-state index contributed by atoms with van der Waals surface area (Å²) in [5, 5.41) is 0. The normalized spacial score (nSPS) is 11.9. The largest absolute Gasteiger partial charge is 0.345 e. The molecule has 0 radical (unpaired) electrons. The lowest BCUT2D eigenvalue weighted by molar-refractivity contribution is -0.298. The predicted octanol–water partition coefficient (Wildman–Crippen LogP) is 0.364. The quantitative estimate of drug-likeness (QED) is 0.462. The highest BCUT2D eigenvalue weighted by molar-refractivity contribution is 5.69. The molecule has 13 heavy (non-hydrogen) atoms. The van der Waals surface area contributed by atoms with Crippen molar-refractivity contribution in [2.24, 2.45) is 0 Å². The molecule has 6 heteroatoms. The standard InChI is InChI=1S/C7H12O6/c1-5(11-12-6(2)8)4-7(9)13-10-3/h5H,4H2,1-3H3/t5-/m1/s1. The van der Waals surface area contributed by atoms with Gasteiger partial charge in [-0.3, -0.25) is 9.78 Å². The van der Waals surface area contributed by atoms with Crippen LogP contribution >= 0.6 is 0 Å². The third kappa shape index (κ3) is 7.23. The number of rotatable bonds is 5. The van der Waals surface area contributed by atoms with Gasteiger partial charge in [0.15, 0.2) is 0 Å². The lowest BCUT2D eigenvalue weighted by atomic mass is 10.3. The average molecular weight is 192 g/mol. The summed E-state index contributed by atoms with van der Waals surface area (Å²) in [5.41, 5.74) is 0. The third-order valence-electron chi connectivity index (χ3n) is 0.960. The molecule has 0 rings (SSSR count). The summed E-state index contributed by atoms with van der Waals surface area (Å²) in [6.07, 6.45) is -0.618. The van der Waals surface area contributed by atoms with Crippen LogP contribution in [0.4, 0.5) is 0 Å². The minimum absolute atomic E-state index is 0.0544. The van der Waals surface area contributed by atoms with Gasteiger partial charge in [-0.15, -0.1) is 0 Å². The molecule has 0 fully saturated rings. The van der Waals surface area contributed by atoms with Crippen molar-refractivity contribution in [3.63, 3.8) is 0 Å². The van der Waals surface area contributed by atoms with E-state index in [0.717, 1.165) is 0 Å². The molecule has 0 aromatic rings. The lowest BCUT2D eigenvalue weighted by Gasteiger charge is -2.08. The molecule has 0 N–H and O–H groups in total. The molecule has 0 aliphatic carbocycles. The Labute approximate surface area is 75.6 Å². The fourth-order valence-electron chi connectivity index (χ4n) is 0.546. The molecular formula is C7H12O6. The summed E-state index contributed by atoms with van der Waals surface area (Å²) >= 11 is 0. The molecule has 0 aliphatic heterocycles. The van der Waals surface area contributed by atoms with E-state index in [1.54, 1.807) is 6.92 Å². The third-order valence-corrected chi connectivity index (χ3v) is 0.960. The monoisotopic (exact) mass is 192 g/mol. The topological polar surface area (TPSA) is 71.1 Å². The van der Waals surface area contributed by atoms with Crippen LogP contribution in [0.1, 0.15) is 20.3 Å². The molecule has 6 nitrogen and oxygen atoms in total. The van der Waals surface area contributed by atoms with Crippen LogP contribution in [0.15, 0.2) is 0 Å². The molecular weight excluding hydrogens is 180 g/mol. The van der Waals surface area contributed by atoms with Crippen molar-refractivity contribution in [3.8, 4) is 0 Å². The Hall–Kier alpha value is -1.14. The van der Waals surface area contributed by atoms with Crippen LogP contribution in [0.25, 0.3) is 0 Å². The summed E-state index contributed by atoms with van der Waals surface area (Å²) in [4.78, 5) is 38.0. The minimum atomic E-state index is -0.595. The maximum atomic E-state index is 10.7. The summed E-state index contributed by atoms with van der Waals surface area (Å²) in [6, 6.07) is 0. The Morgan fingerprint density at radius 1 is 1.31 bits per heavy atom. The zero-order chi connectivity index (χ0) is 10.3. The van der Waals surface area contributed by atoms with Crippen LogP contribution < -0.4 is 0 Å². The summed E-state index contributed by atoms with van der Waals surface area (Å²) in [6.45, 7) is 2.75. The van der Waals surface area contributed by atoms with Gasteiger partial charge >= 0.3 is 11.9 Å². The zero-order valence-corrected chi connectivity index (χ0v) is 7.73. The van der Waals surface area contributed by atoms with Gasteiger partial charge in [-0.25, -0.2) is 9.59 Å². The van der Waals surface area contributed by atoms with Gasteiger partial charge in [-0.05, 0) is 6.92 Å². The van der Waals surface area contributed by atoms with Crippen LogP contribution in [0.5, 0.6) is 0 Å². The zero-order valence-electron chi connectivity index (χ0n) is 7.73. The van der Waals surface area contributed by atoms with E-state index < -0.39 is 18.0 Å². The van der Waals surface area contributed by atoms with E-state index in [1.165, 1.54) is 14.0 Å². The van der Waals surface area contributed by atoms with Crippen LogP contribution in [0.3, 0.4) is 0 Å².